The molecular formula is C15H18N2O2. The predicted molar refractivity (Wildman–Crippen MR) is 75.7 cm³/mol. The topological polar surface area (TPSA) is 57.4 Å². The van der Waals surface area contributed by atoms with E-state index >= 15 is 0 Å². The molecule has 0 radical (unpaired) electrons. The summed E-state index contributed by atoms with van der Waals surface area (Å²) < 4.78 is 11.1. The summed E-state index contributed by atoms with van der Waals surface area (Å²) in [6.45, 7) is 4.65. The van der Waals surface area contributed by atoms with E-state index in [0.717, 1.165) is 12.2 Å². The van der Waals surface area contributed by atoms with E-state index in [4.69, 9.17) is 15.2 Å². The molecule has 0 spiro atoms. The summed E-state index contributed by atoms with van der Waals surface area (Å²) in [5.41, 5.74) is 7.50. The Balaban J connectivity index is 2.14. The van der Waals surface area contributed by atoms with Gasteiger partial charge in [0.25, 0.3) is 0 Å². The Kier molecular flexibility index (Phi) is 4.23. The molecule has 2 N–H and O–H groups in total. The summed E-state index contributed by atoms with van der Waals surface area (Å²) in [4.78, 5) is 4.26. The number of pyridine rings is 1. The van der Waals surface area contributed by atoms with Crippen LogP contribution in [0.1, 0.15) is 18.9 Å². The van der Waals surface area contributed by atoms with Crippen LogP contribution in [0.2, 0.25) is 0 Å². The Hall–Kier alpha value is -2.23. The summed E-state index contributed by atoms with van der Waals surface area (Å²) in [6.07, 6.45) is 0.907. The van der Waals surface area contributed by atoms with Gasteiger partial charge in [-0.15, -0.1) is 0 Å². The van der Waals surface area contributed by atoms with E-state index in [1.54, 1.807) is 12.1 Å². The lowest BCUT2D eigenvalue weighted by Gasteiger charge is -2.09. The van der Waals surface area contributed by atoms with Gasteiger partial charge >= 0.3 is 0 Å². The van der Waals surface area contributed by atoms with Crippen molar-refractivity contribution in [1.29, 1.82) is 0 Å². The van der Waals surface area contributed by atoms with E-state index in [1.807, 2.05) is 38.1 Å². The number of nitrogen functional groups attached to an aromatic ring is 1. The minimum atomic E-state index is 0.423. The molecule has 0 aliphatic carbocycles. The van der Waals surface area contributed by atoms with Crippen LogP contribution in [-0.4, -0.2) is 11.6 Å². The van der Waals surface area contributed by atoms with Gasteiger partial charge in [0.05, 0.1) is 12.3 Å². The first-order chi connectivity index (χ1) is 9.19. The molecule has 1 aromatic carbocycles. The van der Waals surface area contributed by atoms with Crippen molar-refractivity contribution in [3.63, 3.8) is 0 Å². The monoisotopic (exact) mass is 258 g/mol. The average Bonchev–Trinajstić information content (AvgIpc) is 2.42. The van der Waals surface area contributed by atoms with Gasteiger partial charge in [-0.05, 0) is 31.5 Å². The van der Waals surface area contributed by atoms with Crippen LogP contribution in [0.25, 0.3) is 0 Å². The Morgan fingerprint density at radius 2 is 1.84 bits per heavy atom. The number of nitrogens with two attached hydrogens (primary N) is 1. The van der Waals surface area contributed by atoms with E-state index in [0.29, 0.717) is 24.1 Å². The largest absolute Gasteiger partial charge is 0.476 e. The normalized spacial score (nSPS) is 10.2. The molecule has 0 saturated heterocycles. The highest BCUT2D eigenvalue weighted by Crippen LogP contribution is 2.26. The van der Waals surface area contributed by atoms with E-state index in [1.165, 1.54) is 5.56 Å². The maximum atomic E-state index is 5.80. The lowest BCUT2D eigenvalue weighted by Crippen LogP contribution is -2.02. The van der Waals surface area contributed by atoms with Crippen LogP contribution >= 0.6 is 0 Å². The van der Waals surface area contributed by atoms with Crippen LogP contribution in [0.15, 0.2) is 36.4 Å². The molecule has 0 amide bonds. The highest BCUT2D eigenvalue weighted by molar-refractivity contribution is 5.49. The second-order valence-corrected chi connectivity index (χ2v) is 4.31. The molecule has 100 valence electrons. The number of hydrogen-bond donors (Lipinski definition) is 1. The van der Waals surface area contributed by atoms with Gasteiger partial charge in [0.1, 0.15) is 5.75 Å². The zero-order valence-corrected chi connectivity index (χ0v) is 11.2. The maximum Gasteiger partial charge on any atom is 0.240 e. The summed E-state index contributed by atoms with van der Waals surface area (Å²) in [6, 6.07) is 11.2. The molecule has 0 atom stereocenters. The molecule has 0 fully saturated rings. The number of anilines is 1. The third-order valence-electron chi connectivity index (χ3n) is 2.55. The van der Waals surface area contributed by atoms with Crippen LogP contribution in [-0.2, 0) is 0 Å². The summed E-state index contributed by atoms with van der Waals surface area (Å²) >= 11 is 0. The van der Waals surface area contributed by atoms with Crippen LogP contribution in [0.5, 0.6) is 17.5 Å². The molecule has 2 aromatic rings. The van der Waals surface area contributed by atoms with Gasteiger partial charge in [-0.2, -0.15) is 4.98 Å². The maximum absolute atomic E-state index is 5.80. The standard InChI is InChI=1S/C15H18N2O2/c1-3-10-18-15-13(16)8-9-14(17-15)19-12-6-4-11(2)5-7-12/h4-9H,3,10,16H2,1-2H3. The molecule has 4 nitrogen and oxygen atoms in total. The van der Waals surface area contributed by atoms with Crippen LogP contribution in [0.3, 0.4) is 0 Å². The number of aromatic nitrogens is 1. The van der Waals surface area contributed by atoms with Gasteiger partial charge in [-0.1, -0.05) is 24.6 Å². The van der Waals surface area contributed by atoms with Crippen LogP contribution in [0, 0.1) is 6.92 Å². The fraction of sp³-hybridized carbons (Fsp3) is 0.267. The second-order valence-electron chi connectivity index (χ2n) is 4.31. The third kappa shape index (κ3) is 3.61. The molecule has 1 aromatic heterocycles. The van der Waals surface area contributed by atoms with Crippen molar-refractivity contribution in [3.05, 3.63) is 42.0 Å². The lowest BCUT2D eigenvalue weighted by atomic mass is 10.2. The van der Waals surface area contributed by atoms with Gasteiger partial charge in [-0.25, -0.2) is 0 Å². The summed E-state index contributed by atoms with van der Waals surface area (Å²) in [5, 5.41) is 0. The van der Waals surface area contributed by atoms with Crippen LogP contribution in [0.4, 0.5) is 5.69 Å². The van der Waals surface area contributed by atoms with E-state index in [2.05, 4.69) is 4.98 Å². The molecule has 0 saturated carbocycles. The highest BCUT2D eigenvalue weighted by Gasteiger charge is 2.06. The Morgan fingerprint density at radius 1 is 1.11 bits per heavy atom. The molecule has 0 aliphatic heterocycles. The van der Waals surface area contributed by atoms with Gasteiger partial charge in [-0.3, -0.25) is 0 Å². The van der Waals surface area contributed by atoms with Gasteiger partial charge in [0.15, 0.2) is 0 Å². The van der Waals surface area contributed by atoms with E-state index < -0.39 is 0 Å². The number of hydrogen-bond acceptors (Lipinski definition) is 4. The van der Waals surface area contributed by atoms with Crippen molar-refractivity contribution < 1.29 is 9.47 Å². The van der Waals surface area contributed by atoms with Crippen molar-refractivity contribution in [3.8, 4) is 17.5 Å². The molecule has 1 heterocycles. The number of benzene rings is 1. The number of aryl methyl sites for hydroxylation is 1. The zero-order chi connectivity index (χ0) is 13.7. The van der Waals surface area contributed by atoms with Crippen molar-refractivity contribution in [2.45, 2.75) is 20.3 Å². The molecular weight excluding hydrogens is 240 g/mol. The summed E-state index contributed by atoms with van der Waals surface area (Å²) in [7, 11) is 0. The fourth-order valence-electron chi connectivity index (χ4n) is 1.53. The van der Waals surface area contributed by atoms with Crippen molar-refractivity contribution in [2.24, 2.45) is 0 Å². The zero-order valence-electron chi connectivity index (χ0n) is 11.2. The quantitative estimate of drug-likeness (QED) is 0.891. The second kappa shape index (κ2) is 6.09. The minimum absolute atomic E-state index is 0.423. The van der Waals surface area contributed by atoms with Gasteiger partial charge in [0, 0.05) is 6.07 Å². The smallest absolute Gasteiger partial charge is 0.240 e. The number of nitrogens with zero attached hydrogens (tertiary/aromatic N) is 1. The van der Waals surface area contributed by atoms with E-state index in [9.17, 15) is 0 Å². The lowest BCUT2D eigenvalue weighted by molar-refractivity contribution is 0.302. The Labute approximate surface area is 113 Å². The fourth-order valence-corrected chi connectivity index (χ4v) is 1.53. The first kappa shape index (κ1) is 13.2. The van der Waals surface area contributed by atoms with E-state index in [-0.39, 0.29) is 0 Å². The average molecular weight is 258 g/mol. The summed E-state index contributed by atoms with van der Waals surface area (Å²) in [5.74, 6) is 1.64. The molecule has 0 unspecified atom stereocenters. The number of ether oxygens (including phenoxy) is 2. The molecule has 4 heteroatoms. The Bertz CT molecular complexity index is 538. The first-order valence-corrected chi connectivity index (χ1v) is 6.33. The number of rotatable bonds is 5. The predicted octanol–water partition coefficient (Wildman–Crippen LogP) is 3.55. The van der Waals surface area contributed by atoms with Crippen LogP contribution < -0.4 is 15.2 Å². The third-order valence-corrected chi connectivity index (χ3v) is 2.55. The van der Waals surface area contributed by atoms with Gasteiger partial charge in [0.2, 0.25) is 11.8 Å². The van der Waals surface area contributed by atoms with Gasteiger partial charge < -0.3 is 15.2 Å². The molecule has 2 rings (SSSR count). The molecule has 0 bridgehead atoms. The van der Waals surface area contributed by atoms with Crippen molar-refractivity contribution in [2.75, 3.05) is 12.3 Å². The minimum Gasteiger partial charge on any atom is -0.476 e. The van der Waals surface area contributed by atoms with Crippen molar-refractivity contribution in [1.82, 2.24) is 4.98 Å². The Morgan fingerprint density at radius 3 is 2.53 bits per heavy atom. The highest BCUT2D eigenvalue weighted by atomic mass is 16.5. The SMILES string of the molecule is CCCOc1nc(Oc2ccc(C)cc2)ccc1N. The van der Waals surface area contributed by atoms with Crippen molar-refractivity contribution >= 4 is 5.69 Å². The molecule has 0 aliphatic rings. The molecule has 19 heavy (non-hydrogen) atoms. The first-order valence-electron chi connectivity index (χ1n) is 6.33.